The maximum Gasteiger partial charge on any atom is 0.310 e. The first-order valence-electron chi connectivity index (χ1n) is 7.68. The quantitative estimate of drug-likeness (QED) is 0.906. The van der Waals surface area contributed by atoms with Gasteiger partial charge in [-0.2, -0.15) is 0 Å². The molecule has 1 fully saturated rings. The van der Waals surface area contributed by atoms with E-state index in [9.17, 15) is 4.79 Å². The minimum absolute atomic E-state index is 0.277. The van der Waals surface area contributed by atoms with Gasteiger partial charge < -0.3 is 9.84 Å². The Bertz CT molecular complexity index is 471. The van der Waals surface area contributed by atoms with Gasteiger partial charge in [0.1, 0.15) is 0 Å². The summed E-state index contributed by atoms with van der Waals surface area (Å²) in [5, 5.41) is 9.04. The van der Waals surface area contributed by atoms with Gasteiger partial charge in [-0.1, -0.05) is 31.2 Å². The number of ether oxygens (including phenoxy) is 1. The third kappa shape index (κ3) is 4.05. The smallest absolute Gasteiger partial charge is 0.310 e. The van der Waals surface area contributed by atoms with Gasteiger partial charge in [0.25, 0.3) is 0 Å². The largest absolute Gasteiger partial charge is 0.481 e. The molecule has 3 unspecified atom stereocenters. The molecule has 4 heteroatoms. The van der Waals surface area contributed by atoms with Crippen LogP contribution in [-0.2, 0) is 16.1 Å². The van der Waals surface area contributed by atoms with Crippen LogP contribution >= 0.6 is 0 Å². The predicted octanol–water partition coefficient (Wildman–Crippen LogP) is 2.87. The van der Waals surface area contributed by atoms with Crippen molar-refractivity contribution in [2.24, 2.45) is 0 Å². The Morgan fingerprint density at radius 3 is 2.67 bits per heavy atom. The van der Waals surface area contributed by atoms with Crippen molar-refractivity contribution < 1.29 is 14.6 Å². The third-order valence-electron chi connectivity index (χ3n) is 4.29. The number of carbonyl (C=O) groups is 1. The Labute approximate surface area is 126 Å². The molecule has 1 heterocycles. The predicted molar refractivity (Wildman–Crippen MR) is 82.4 cm³/mol. The van der Waals surface area contributed by atoms with Crippen LogP contribution in [0.4, 0.5) is 0 Å². The molecular formula is C17H25NO3. The van der Waals surface area contributed by atoms with Gasteiger partial charge in [-0.05, 0) is 31.4 Å². The number of benzene rings is 1. The number of morpholine rings is 1. The molecule has 21 heavy (non-hydrogen) atoms. The van der Waals surface area contributed by atoms with E-state index in [0.717, 1.165) is 31.7 Å². The van der Waals surface area contributed by atoms with E-state index in [0.29, 0.717) is 6.04 Å². The maximum atomic E-state index is 11.0. The zero-order valence-electron chi connectivity index (χ0n) is 13.1. The van der Waals surface area contributed by atoms with Gasteiger partial charge in [0.05, 0.1) is 18.6 Å². The molecule has 116 valence electrons. The van der Waals surface area contributed by atoms with Crippen molar-refractivity contribution in [3.8, 4) is 0 Å². The van der Waals surface area contributed by atoms with Crippen LogP contribution in [0.15, 0.2) is 24.3 Å². The van der Waals surface area contributed by atoms with E-state index in [-0.39, 0.29) is 6.10 Å². The SMILES string of the molecule is CCC1COC(C)CN1Cc1ccc(C(C)C(=O)O)cc1. The number of carboxylic acids is 1. The van der Waals surface area contributed by atoms with E-state index in [2.05, 4.69) is 18.7 Å². The molecular weight excluding hydrogens is 266 g/mol. The molecule has 3 atom stereocenters. The first kappa shape index (κ1) is 16.0. The molecule has 0 aromatic heterocycles. The van der Waals surface area contributed by atoms with Gasteiger partial charge in [0.15, 0.2) is 0 Å². The van der Waals surface area contributed by atoms with Crippen molar-refractivity contribution in [2.75, 3.05) is 13.2 Å². The molecule has 0 saturated carbocycles. The minimum Gasteiger partial charge on any atom is -0.481 e. The zero-order valence-corrected chi connectivity index (χ0v) is 13.1. The van der Waals surface area contributed by atoms with Crippen LogP contribution < -0.4 is 0 Å². The number of hydrogen-bond acceptors (Lipinski definition) is 3. The second-order valence-corrected chi connectivity index (χ2v) is 5.94. The summed E-state index contributed by atoms with van der Waals surface area (Å²) in [7, 11) is 0. The van der Waals surface area contributed by atoms with Crippen LogP contribution in [-0.4, -0.2) is 41.3 Å². The summed E-state index contributed by atoms with van der Waals surface area (Å²) in [6.07, 6.45) is 1.36. The lowest BCUT2D eigenvalue weighted by atomic mass is 9.99. The molecule has 0 spiro atoms. The van der Waals surface area contributed by atoms with E-state index < -0.39 is 11.9 Å². The average Bonchev–Trinajstić information content (AvgIpc) is 2.47. The molecule has 0 radical (unpaired) electrons. The fraction of sp³-hybridized carbons (Fsp3) is 0.588. The van der Waals surface area contributed by atoms with Crippen molar-refractivity contribution in [2.45, 2.75) is 51.8 Å². The van der Waals surface area contributed by atoms with Gasteiger partial charge >= 0.3 is 5.97 Å². The first-order chi connectivity index (χ1) is 10.0. The normalized spacial score (nSPS) is 24.7. The third-order valence-corrected chi connectivity index (χ3v) is 4.29. The van der Waals surface area contributed by atoms with Gasteiger partial charge in [0, 0.05) is 19.1 Å². The molecule has 1 N–H and O–H groups in total. The molecule has 0 amide bonds. The Morgan fingerprint density at radius 2 is 2.10 bits per heavy atom. The topological polar surface area (TPSA) is 49.8 Å². The molecule has 2 rings (SSSR count). The molecule has 1 aliphatic heterocycles. The summed E-state index contributed by atoms with van der Waals surface area (Å²) in [6.45, 7) is 8.66. The fourth-order valence-corrected chi connectivity index (χ4v) is 2.77. The Kier molecular flexibility index (Phi) is 5.37. The van der Waals surface area contributed by atoms with Crippen LogP contribution in [0, 0.1) is 0 Å². The molecule has 1 aromatic rings. The fourth-order valence-electron chi connectivity index (χ4n) is 2.77. The van der Waals surface area contributed by atoms with Crippen LogP contribution in [0.3, 0.4) is 0 Å². The number of rotatable bonds is 5. The monoisotopic (exact) mass is 291 g/mol. The molecule has 1 aliphatic rings. The minimum atomic E-state index is -0.782. The van der Waals surface area contributed by atoms with E-state index >= 15 is 0 Å². The Hall–Kier alpha value is -1.39. The molecule has 0 bridgehead atoms. The summed E-state index contributed by atoms with van der Waals surface area (Å²) in [5.41, 5.74) is 2.08. The van der Waals surface area contributed by atoms with E-state index in [4.69, 9.17) is 9.84 Å². The summed E-state index contributed by atoms with van der Waals surface area (Å²) in [5.74, 6) is -1.23. The highest BCUT2D eigenvalue weighted by Crippen LogP contribution is 2.20. The van der Waals surface area contributed by atoms with Crippen molar-refractivity contribution in [3.63, 3.8) is 0 Å². The summed E-state index contributed by atoms with van der Waals surface area (Å²) in [4.78, 5) is 13.5. The highest BCUT2D eigenvalue weighted by Gasteiger charge is 2.25. The average molecular weight is 291 g/mol. The molecule has 4 nitrogen and oxygen atoms in total. The second kappa shape index (κ2) is 7.05. The lowest BCUT2D eigenvalue weighted by Crippen LogP contribution is -2.47. The van der Waals surface area contributed by atoms with Crippen LogP contribution in [0.5, 0.6) is 0 Å². The number of carboxylic acid groups (broad SMARTS) is 1. The van der Waals surface area contributed by atoms with E-state index in [1.54, 1.807) is 6.92 Å². The lowest BCUT2D eigenvalue weighted by molar-refractivity contribution is -0.138. The highest BCUT2D eigenvalue weighted by atomic mass is 16.5. The second-order valence-electron chi connectivity index (χ2n) is 5.94. The van der Waals surface area contributed by atoms with Crippen LogP contribution in [0.2, 0.25) is 0 Å². The van der Waals surface area contributed by atoms with Crippen LogP contribution in [0.25, 0.3) is 0 Å². The van der Waals surface area contributed by atoms with E-state index in [1.807, 2.05) is 24.3 Å². The van der Waals surface area contributed by atoms with Crippen molar-refractivity contribution in [3.05, 3.63) is 35.4 Å². The Balaban J connectivity index is 2.03. The maximum absolute atomic E-state index is 11.0. The summed E-state index contributed by atoms with van der Waals surface area (Å²) >= 11 is 0. The molecule has 1 aromatic carbocycles. The van der Waals surface area contributed by atoms with Gasteiger partial charge in [-0.25, -0.2) is 0 Å². The van der Waals surface area contributed by atoms with Crippen molar-refractivity contribution in [1.82, 2.24) is 4.90 Å². The highest BCUT2D eigenvalue weighted by molar-refractivity contribution is 5.75. The molecule has 1 saturated heterocycles. The van der Waals surface area contributed by atoms with Crippen molar-refractivity contribution >= 4 is 5.97 Å². The van der Waals surface area contributed by atoms with E-state index in [1.165, 1.54) is 5.56 Å². The lowest BCUT2D eigenvalue weighted by Gasteiger charge is -2.38. The standard InChI is InChI=1S/C17H25NO3/c1-4-16-11-21-12(2)9-18(16)10-14-5-7-15(8-6-14)13(3)17(19)20/h5-8,12-13,16H,4,9-11H2,1-3H3,(H,19,20). The molecule has 0 aliphatic carbocycles. The Morgan fingerprint density at radius 1 is 1.43 bits per heavy atom. The zero-order chi connectivity index (χ0) is 15.4. The van der Waals surface area contributed by atoms with Gasteiger partial charge in [0.2, 0.25) is 0 Å². The first-order valence-corrected chi connectivity index (χ1v) is 7.68. The summed E-state index contributed by atoms with van der Waals surface area (Å²) in [6, 6.07) is 8.42. The van der Waals surface area contributed by atoms with Crippen molar-refractivity contribution in [1.29, 1.82) is 0 Å². The number of aliphatic carboxylic acids is 1. The number of nitrogens with zero attached hydrogens (tertiary/aromatic N) is 1. The number of hydrogen-bond donors (Lipinski definition) is 1. The van der Waals surface area contributed by atoms with Gasteiger partial charge in [-0.15, -0.1) is 0 Å². The van der Waals surface area contributed by atoms with Gasteiger partial charge in [-0.3, -0.25) is 9.69 Å². The van der Waals surface area contributed by atoms with Crippen LogP contribution in [0.1, 0.15) is 44.2 Å². The summed E-state index contributed by atoms with van der Waals surface area (Å²) < 4.78 is 5.72.